The Morgan fingerprint density at radius 2 is 1.65 bits per heavy atom. The normalized spacial score (nSPS) is 14.0. The quantitative estimate of drug-likeness (QED) is 0.412. The van der Waals surface area contributed by atoms with E-state index in [1.54, 1.807) is 24.3 Å². The zero-order chi connectivity index (χ0) is 24.0. The zero-order valence-corrected chi connectivity index (χ0v) is 19.9. The van der Waals surface area contributed by atoms with E-state index in [1.807, 2.05) is 30.3 Å². The van der Waals surface area contributed by atoms with Gasteiger partial charge in [0, 0.05) is 6.04 Å². The van der Waals surface area contributed by atoms with Crippen LogP contribution >= 0.6 is 11.6 Å². The van der Waals surface area contributed by atoms with Crippen LogP contribution in [0.25, 0.3) is 0 Å². The van der Waals surface area contributed by atoms with E-state index in [0.29, 0.717) is 17.2 Å². The fraction of sp³-hybridized carbons (Fsp3) is 0.240. The van der Waals surface area contributed by atoms with Gasteiger partial charge in [-0.05, 0) is 55.3 Å². The van der Waals surface area contributed by atoms with Crippen LogP contribution in [0.15, 0.2) is 77.7 Å². The number of para-hydroxylation sites is 3. The first-order valence-corrected chi connectivity index (χ1v) is 12.8. The summed E-state index contributed by atoms with van der Waals surface area (Å²) >= 11 is 6.24. The Hall–Kier alpha value is -3.07. The van der Waals surface area contributed by atoms with Gasteiger partial charge in [0.05, 0.1) is 15.6 Å². The van der Waals surface area contributed by atoms with Crippen LogP contribution in [0.3, 0.4) is 0 Å². The first-order valence-electron chi connectivity index (χ1n) is 11.0. The van der Waals surface area contributed by atoms with Crippen LogP contribution in [0.5, 0.6) is 17.2 Å². The Balaban J connectivity index is 1.36. The molecule has 1 fully saturated rings. The number of hydrogen-bond donors (Lipinski definition) is 2. The number of hydrogen-bond acceptors (Lipinski definition) is 5. The number of carbonyl (C=O) groups excluding carboxylic acids is 1. The molecular weight excluding hydrogens is 476 g/mol. The highest BCUT2D eigenvalue weighted by Crippen LogP contribution is 2.30. The summed E-state index contributed by atoms with van der Waals surface area (Å²) < 4.78 is 39.3. The van der Waals surface area contributed by atoms with Gasteiger partial charge in [0.15, 0.2) is 12.4 Å². The van der Waals surface area contributed by atoms with Crippen LogP contribution in [0.1, 0.15) is 25.7 Å². The molecule has 3 aromatic rings. The molecule has 4 rings (SSSR count). The number of ether oxygens (including phenoxy) is 2. The van der Waals surface area contributed by atoms with Gasteiger partial charge in [-0.15, -0.1) is 0 Å². The van der Waals surface area contributed by atoms with E-state index in [9.17, 15) is 13.2 Å². The first-order chi connectivity index (χ1) is 16.4. The summed E-state index contributed by atoms with van der Waals surface area (Å²) in [6.45, 7) is -0.314. The summed E-state index contributed by atoms with van der Waals surface area (Å²) in [4.78, 5) is 12.5. The van der Waals surface area contributed by atoms with Crippen molar-refractivity contribution in [2.45, 2.75) is 36.6 Å². The second-order valence-corrected chi connectivity index (χ2v) is 10.1. The lowest BCUT2D eigenvalue weighted by atomic mass is 10.3. The molecule has 0 aromatic heterocycles. The van der Waals surface area contributed by atoms with Gasteiger partial charge < -0.3 is 14.8 Å². The van der Waals surface area contributed by atoms with E-state index < -0.39 is 15.9 Å². The standard InChI is InChI=1S/C25H25ClN2O5S/c26-21-16-20(34(30,31)28-18-8-4-5-9-18)14-15-23(21)32-17-25(29)27-22-12-6-7-13-24(22)33-19-10-2-1-3-11-19/h1-3,6-7,10-16,18,28H,4-5,8-9,17H2,(H,27,29). The van der Waals surface area contributed by atoms with Crippen molar-refractivity contribution in [1.29, 1.82) is 0 Å². The van der Waals surface area contributed by atoms with E-state index in [4.69, 9.17) is 21.1 Å². The number of nitrogens with one attached hydrogen (secondary N) is 2. The van der Waals surface area contributed by atoms with Crippen molar-refractivity contribution in [3.8, 4) is 17.2 Å². The summed E-state index contributed by atoms with van der Waals surface area (Å²) in [6, 6.07) is 20.4. The molecule has 1 saturated carbocycles. The Morgan fingerprint density at radius 1 is 0.941 bits per heavy atom. The number of amides is 1. The number of sulfonamides is 1. The molecule has 1 amide bonds. The third kappa shape index (κ3) is 6.28. The second-order valence-electron chi connectivity index (χ2n) is 7.94. The van der Waals surface area contributed by atoms with E-state index in [-0.39, 0.29) is 28.3 Å². The van der Waals surface area contributed by atoms with E-state index in [0.717, 1.165) is 25.7 Å². The molecule has 0 aliphatic heterocycles. The van der Waals surface area contributed by atoms with Crippen LogP contribution in [0.2, 0.25) is 5.02 Å². The van der Waals surface area contributed by atoms with E-state index in [1.165, 1.54) is 18.2 Å². The van der Waals surface area contributed by atoms with Crippen molar-refractivity contribution in [3.05, 3.63) is 77.8 Å². The molecule has 7 nitrogen and oxygen atoms in total. The van der Waals surface area contributed by atoms with Crippen LogP contribution < -0.4 is 19.5 Å². The average molecular weight is 501 g/mol. The van der Waals surface area contributed by atoms with Crippen molar-refractivity contribution in [1.82, 2.24) is 4.72 Å². The van der Waals surface area contributed by atoms with Crippen LogP contribution in [0, 0.1) is 0 Å². The Bertz CT molecular complexity index is 1250. The molecular formula is C25H25ClN2O5S. The third-order valence-corrected chi connectivity index (χ3v) is 7.20. The first kappa shape index (κ1) is 24.1. The van der Waals surface area contributed by atoms with Crippen LogP contribution in [-0.2, 0) is 14.8 Å². The predicted octanol–water partition coefficient (Wildman–Crippen LogP) is 5.37. The van der Waals surface area contributed by atoms with Gasteiger partial charge in [0.1, 0.15) is 11.5 Å². The number of halogens is 1. The molecule has 0 radical (unpaired) electrons. The summed E-state index contributed by atoms with van der Waals surface area (Å²) in [5, 5.41) is 2.86. The van der Waals surface area contributed by atoms with Crippen molar-refractivity contribution in [3.63, 3.8) is 0 Å². The highest BCUT2D eigenvalue weighted by molar-refractivity contribution is 7.89. The van der Waals surface area contributed by atoms with Crippen molar-refractivity contribution in [2.75, 3.05) is 11.9 Å². The topological polar surface area (TPSA) is 93.7 Å². The molecule has 0 heterocycles. The SMILES string of the molecule is O=C(COc1ccc(S(=O)(=O)NC2CCCC2)cc1Cl)Nc1ccccc1Oc1ccccc1. The number of anilines is 1. The molecule has 2 N–H and O–H groups in total. The lowest BCUT2D eigenvalue weighted by Gasteiger charge is -2.14. The minimum Gasteiger partial charge on any atom is -0.482 e. The molecule has 0 unspecified atom stereocenters. The number of rotatable bonds is 9. The molecule has 0 bridgehead atoms. The van der Waals surface area contributed by atoms with Crippen LogP contribution in [-0.4, -0.2) is 27.0 Å². The molecule has 0 spiro atoms. The average Bonchev–Trinajstić information content (AvgIpc) is 3.32. The molecule has 1 aliphatic carbocycles. The summed E-state index contributed by atoms with van der Waals surface area (Å²) in [7, 11) is -3.67. The smallest absolute Gasteiger partial charge is 0.262 e. The number of benzene rings is 3. The fourth-order valence-electron chi connectivity index (χ4n) is 3.70. The van der Waals surface area contributed by atoms with Gasteiger partial charge in [-0.3, -0.25) is 4.79 Å². The van der Waals surface area contributed by atoms with Gasteiger partial charge in [-0.1, -0.05) is 54.8 Å². The van der Waals surface area contributed by atoms with Gasteiger partial charge in [0.25, 0.3) is 5.91 Å². The molecule has 9 heteroatoms. The van der Waals surface area contributed by atoms with Gasteiger partial charge in [-0.2, -0.15) is 0 Å². The van der Waals surface area contributed by atoms with Crippen molar-refractivity contribution >= 4 is 33.2 Å². The maximum absolute atomic E-state index is 12.6. The third-order valence-electron chi connectivity index (χ3n) is 5.38. The van der Waals surface area contributed by atoms with Gasteiger partial charge in [-0.25, -0.2) is 13.1 Å². The zero-order valence-electron chi connectivity index (χ0n) is 18.4. The van der Waals surface area contributed by atoms with Gasteiger partial charge >= 0.3 is 0 Å². The molecule has 0 atom stereocenters. The van der Waals surface area contributed by atoms with Crippen LogP contribution in [0.4, 0.5) is 5.69 Å². The Labute approximate surface area is 204 Å². The highest BCUT2D eigenvalue weighted by Gasteiger charge is 2.23. The number of carbonyl (C=O) groups is 1. The van der Waals surface area contributed by atoms with Crippen molar-refractivity contribution < 1.29 is 22.7 Å². The summed E-state index contributed by atoms with van der Waals surface area (Å²) in [6.07, 6.45) is 3.71. The fourth-order valence-corrected chi connectivity index (χ4v) is 5.33. The second kappa shape index (κ2) is 10.9. The minimum absolute atomic E-state index is 0.0443. The van der Waals surface area contributed by atoms with Crippen molar-refractivity contribution in [2.24, 2.45) is 0 Å². The molecule has 3 aromatic carbocycles. The monoisotopic (exact) mass is 500 g/mol. The Kier molecular flexibility index (Phi) is 7.72. The maximum atomic E-state index is 12.6. The lowest BCUT2D eigenvalue weighted by molar-refractivity contribution is -0.118. The summed E-state index contributed by atoms with van der Waals surface area (Å²) in [5.41, 5.74) is 0.491. The molecule has 0 saturated heterocycles. The summed E-state index contributed by atoms with van der Waals surface area (Å²) in [5.74, 6) is 0.930. The lowest BCUT2D eigenvalue weighted by Crippen LogP contribution is -2.32. The van der Waals surface area contributed by atoms with E-state index >= 15 is 0 Å². The molecule has 178 valence electrons. The molecule has 34 heavy (non-hydrogen) atoms. The predicted molar refractivity (Wildman–Crippen MR) is 131 cm³/mol. The van der Waals surface area contributed by atoms with Gasteiger partial charge in [0.2, 0.25) is 10.0 Å². The minimum atomic E-state index is -3.67. The highest BCUT2D eigenvalue weighted by atomic mass is 35.5. The van der Waals surface area contributed by atoms with E-state index in [2.05, 4.69) is 10.0 Å². The Morgan fingerprint density at radius 3 is 2.38 bits per heavy atom. The largest absolute Gasteiger partial charge is 0.482 e. The maximum Gasteiger partial charge on any atom is 0.262 e. The molecule has 1 aliphatic rings.